The van der Waals surface area contributed by atoms with Gasteiger partial charge in [-0.05, 0) is 63.2 Å². The Labute approximate surface area is 182 Å². The minimum Gasteiger partial charge on any atom is -0.465 e. The van der Waals surface area contributed by atoms with Gasteiger partial charge >= 0.3 is 6.09 Å². The van der Waals surface area contributed by atoms with Crippen LogP contribution >= 0.6 is 0 Å². The molecule has 5 aliphatic rings. The van der Waals surface area contributed by atoms with Gasteiger partial charge in [-0.25, -0.2) is 4.79 Å². The van der Waals surface area contributed by atoms with E-state index in [4.69, 9.17) is 14.6 Å². The number of carbonyl (C=O) groups excluding carboxylic acids is 1. The first-order chi connectivity index (χ1) is 14.9. The molecule has 0 radical (unpaired) electrons. The Bertz CT molecular complexity index is 723. The van der Waals surface area contributed by atoms with E-state index in [9.17, 15) is 20.0 Å². The van der Waals surface area contributed by atoms with Gasteiger partial charge in [-0.2, -0.15) is 5.26 Å². The Morgan fingerprint density at radius 1 is 1.16 bits per heavy atom. The smallest absolute Gasteiger partial charge is 0.408 e. The molecule has 172 valence electrons. The highest BCUT2D eigenvalue weighted by Crippen LogP contribution is 2.60. The van der Waals surface area contributed by atoms with Gasteiger partial charge in [-0.15, -0.1) is 0 Å². The molecule has 5 fully saturated rings. The third-order valence-corrected chi connectivity index (χ3v) is 7.67. The van der Waals surface area contributed by atoms with Crippen LogP contribution in [0.5, 0.6) is 0 Å². The van der Waals surface area contributed by atoms with Crippen molar-refractivity contribution in [3.63, 3.8) is 0 Å². The van der Waals surface area contributed by atoms with Crippen LogP contribution in [0.25, 0.3) is 0 Å². The van der Waals surface area contributed by atoms with Gasteiger partial charge in [-0.3, -0.25) is 9.69 Å². The third-order valence-electron chi connectivity index (χ3n) is 7.67. The maximum Gasteiger partial charge on any atom is 0.408 e. The van der Waals surface area contributed by atoms with E-state index >= 15 is 0 Å². The molecule has 5 rings (SSSR count). The van der Waals surface area contributed by atoms with Crippen molar-refractivity contribution in [2.45, 2.75) is 68.5 Å². The van der Waals surface area contributed by atoms with Gasteiger partial charge < -0.3 is 24.6 Å². The predicted molar refractivity (Wildman–Crippen MR) is 109 cm³/mol. The van der Waals surface area contributed by atoms with E-state index in [1.54, 1.807) is 4.90 Å². The molecule has 2 N–H and O–H groups in total. The Hall–Kier alpha value is -1.89. The Morgan fingerprint density at radius 2 is 1.90 bits per heavy atom. The summed E-state index contributed by atoms with van der Waals surface area (Å²) in [7, 11) is 0. The van der Waals surface area contributed by atoms with Crippen LogP contribution in [0.1, 0.15) is 51.4 Å². The van der Waals surface area contributed by atoms with Crippen molar-refractivity contribution in [1.29, 1.82) is 5.26 Å². The second-order valence-corrected chi connectivity index (χ2v) is 9.80. The number of nitriles is 1. The van der Waals surface area contributed by atoms with Crippen molar-refractivity contribution < 1.29 is 29.3 Å². The largest absolute Gasteiger partial charge is 0.465 e. The predicted octanol–water partition coefficient (Wildman–Crippen LogP) is 1.60. The summed E-state index contributed by atoms with van der Waals surface area (Å²) in [5.74, 6) is 0.528. The molecule has 0 spiro atoms. The summed E-state index contributed by atoms with van der Waals surface area (Å²) in [5, 5.41) is 28.3. The molecule has 2 amide bonds. The van der Waals surface area contributed by atoms with E-state index in [1.807, 2.05) is 0 Å². The van der Waals surface area contributed by atoms with E-state index in [0.717, 1.165) is 38.5 Å². The van der Waals surface area contributed by atoms with Crippen molar-refractivity contribution in [3.05, 3.63) is 0 Å². The van der Waals surface area contributed by atoms with Crippen LogP contribution in [0, 0.1) is 23.2 Å². The molecule has 9 nitrogen and oxygen atoms in total. The fraction of sp³-hybridized carbons (Fsp3) is 0.864. The molecular formula is C22H33N3O6. The van der Waals surface area contributed by atoms with E-state index in [2.05, 4.69) is 6.07 Å². The topological polar surface area (TPSA) is 123 Å². The molecule has 4 saturated carbocycles. The summed E-state index contributed by atoms with van der Waals surface area (Å²) in [6, 6.07) is 1.72. The summed E-state index contributed by atoms with van der Waals surface area (Å²) >= 11 is 0. The summed E-state index contributed by atoms with van der Waals surface area (Å²) in [6.07, 6.45) is 5.47. The highest BCUT2D eigenvalue weighted by Gasteiger charge is 2.61. The second kappa shape index (κ2) is 8.93. The van der Waals surface area contributed by atoms with Gasteiger partial charge in [0.1, 0.15) is 12.6 Å². The lowest BCUT2D eigenvalue weighted by molar-refractivity contribution is -0.200. The summed E-state index contributed by atoms with van der Waals surface area (Å²) in [5.41, 5.74) is -0.953. The molecule has 31 heavy (non-hydrogen) atoms. The standard InChI is InChI=1S/C22H33N3O6/c23-13-18-2-1-3-24(18)19(27)14-25(20(28)29)21-9-16-8-17(10-21)12-22(11-16,15-21)31-7-6-30-5-4-26/h16-18,26H,1-12,14-15H2,(H,28,29)/t16-,17?,18-,21?,22?/m0/s1. The fourth-order valence-corrected chi connectivity index (χ4v) is 6.96. The molecule has 0 aromatic rings. The molecule has 5 atom stereocenters. The number of aliphatic hydroxyl groups excluding tert-OH is 1. The molecule has 1 aliphatic heterocycles. The Kier molecular flexibility index (Phi) is 6.42. The lowest BCUT2D eigenvalue weighted by Gasteiger charge is -2.63. The zero-order valence-corrected chi connectivity index (χ0v) is 18.0. The van der Waals surface area contributed by atoms with Gasteiger partial charge in [0.05, 0.1) is 43.6 Å². The summed E-state index contributed by atoms with van der Waals surface area (Å²) < 4.78 is 11.6. The molecule has 1 heterocycles. The number of nitrogens with zero attached hydrogens (tertiary/aromatic N) is 3. The second-order valence-electron chi connectivity index (χ2n) is 9.80. The molecule has 3 unspecified atom stereocenters. The maximum absolute atomic E-state index is 13.0. The number of carboxylic acid groups (broad SMARTS) is 1. The minimum absolute atomic E-state index is 0.0241. The number of rotatable bonds is 9. The highest BCUT2D eigenvalue weighted by molar-refractivity contribution is 5.83. The average Bonchev–Trinajstić information content (AvgIpc) is 3.19. The zero-order valence-electron chi connectivity index (χ0n) is 18.0. The maximum atomic E-state index is 13.0. The van der Waals surface area contributed by atoms with Crippen LogP contribution < -0.4 is 0 Å². The van der Waals surface area contributed by atoms with Crippen LogP contribution in [0.15, 0.2) is 0 Å². The number of ether oxygens (including phenoxy) is 2. The van der Waals surface area contributed by atoms with E-state index in [-0.39, 0.29) is 31.3 Å². The van der Waals surface area contributed by atoms with Crippen molar-refractivity contribution in [3.8, 4) is 6.07 Å². The number of aliphatic hydroxyl groups is 1. The Balaban J connectivity index is 1.48. The molecule has 1 saturated heterocycles. The molecule has 4 aliphatic carbocycles. The molecular weight excluding hydrogens is 402 g/mol. The van der Waals surface area contributed by atoms with Crippen molar-refractivity contribution in [1.82, 2.24) is 9.80 Å². The van der Waals surface area contributed by atoms with Crippen LogP contribution in [0.4, 0.5) is 4.79 Å². The number of hydrogen-bond acceptors (Lipinski definition) is 6. The lowest BCUT2D eigenvalue weighted by Crippen LogP contribution is -2.68. The van der Waals surface area contributed by atoms with Crippen molar-refractivity contribution in [2.24, 2.45) is 11.8 Å². The monoisotopic (exact) mass is 435 g/mol. The van der Waals surface area contributed by atoms with Gasteiger partial charge in [0.2, 0.25) is 5.91 Å². The summed E-state index contributed by atoms with van der Waals surface area (Å²) in [6.45, 7) is 1.39. The van der Waals surface area contributed by atoms with Crippen LogP contribution in [0.3, 0.4) is 0 Å². The first-order valence-electron chi connectivity index (χ1n) is 11.4. The highest BCUT2D eigenvalue weighted by atomic mass is 16.5. The molecule has 0 aromatic heterocycles. The number of amides is 2. The van der Waals surface area contributed by atoms with E-state index in [1.165, 1.54) is 4.90 Å². The molecule has 0 aromatic carbocycles. The first kappa shape index (κ1) is 22.3. The molecule has 4 bridgehead atoms. The number of likely N-dealkylation sites (tertiary alicyclic amines) is 1. The lowest BCUT2D eigenvalue weighted by atomic mass is 9.50. The van der Waals surface area contributed by atoms with Crippen molar-refractivity contribution in [2.75, 3.05) is 39.5 Å². The minimum atomic E-state index is -1.07. The van der Waals surface area contributed by atoms with Crippen LogP contribution in [0.2, 0.25) is 0 Å². The first-order valence-corrected chi connectivity index (χ1v) is 11.4. The van der Waals surface area contributed by atoms with E-state index < -0.39 is 17.7 Å². The molecule has 9 heteroatoms. The zero-order chi connectivity index (χ0) is 22.1. The van der Waals surface area contributed by atoms with Crippen LogP contribution in [-0.4, -0.2) is 88.7 Å². The average molecular weight is 436 g/mol. The third kappa shape index (κ3) is 4.38. The normalized spacial score (nSPS) is 35.9. The fourth-order valence-electron chi connectivity index (χ4n) is 6.96. The van der Waals surface area contributed by atoms with Crippen molar-refractivity contribution >= 4 is 12.0 Å². The quantitative estimate of drug-likeness (QED) is 0.527. The number of hydrogen-bond donors (Lipinski definition) is 2. The number of carbonyl (C=O) groups is 2. The van der Waals surface area contributed by atoms with E-state index in [0.29, 0.717) is 44.4 Å². The van der Waals surface area contributed by atoms with Gasteiger partial charge in [0.15, 0.2) is 0 Å². The Morgan fingerprint density at radius 3 is 2.55 bits per heavy atom. The van der Waals surface area contributed by atoms with Gasteiger partial charge in [0.25, 0.3) is 0 Å². The SMILES string of the molecule is N#C[C@@H]1CCCN1C(=O)CN(C(=O)O)C12CC3C[C@H](CC(OCCOCCO)(C3)C1)C2. The van der Waals surface area contributed by atoms with Gasteiger partial charge in [-0.1, -0.05) is 0 Å². The van der Waals surface area contributed by atoms with Crippen LogP contribution in [-0.2, 0) is 14.3 Å². The van der Waals surface area contributed by atoms with Gasteiger partial charge in [0, 0.05) is 6.54 Å². The summed E-state index contributed by atoms with van der Waals surface area (Å²) in [4.78, 5) is 28.3.